The zero-order chi connectivity index (χ0) is 11.4. The predicted molar refractivity (Wildman–Crippen MR) is 60.9 cm³/mol. The van der Waals surface area contributed by atoms with Crippen molar-refractivity contribution >= 4 is 0 Å². The molecular weight excluding hydrogens is 204 g/mol. The fraction of sp³-hybridized carbons (Fsp3) is 0.250. The van der Waals surface area contributed by atoms with Gasteiger partial charge in [0.15, 0.2) is 0 Å². The molecule has 0 spiro atoms. The largest absolute Gasteiger partial charge is 0.497 e. The van der Waals surface area contributed by atoms with Crippen LogP contribution in [-0.4, -0.2) is 28.6 Å². The molecule has 16 heavy (non-hydrogen) atoms. The zero-order valence-electron chi connectivity index (χ0n) is 9.13. The number of rotatable bonds is 4. The van der Waals surface area contributed by atoms with E-state index in [9.17, 15) is 0 Å². The van der Waals surface area contributed by atoms with Gasteiger partial charge in [0.25, 0.3) is 0 Å². The molecule has 2 aromatic rings. The molecule has 0 fully saturated rings. The summed E-state index contributed by atoms with van der Waals surface area (Å²) in [5, 5.41) is 13.1. The van der Waals surface area contributed by atoms with Crippen LogP contribution in [0, 0.1) is 0 Å². The minimum Gasteiger partial charge on any atom is -0.497 e. The first-order valence-corrected chi connectivity index (χ1v) is 5.12. The first-order valence-electron chi connectivity index (χ1n) is 5.12. The lowest BCUT2D eigenvalue weighted by atomic mass is 10.2. The monoisotopic (exact) mass is 218 g/mol. The highest BCUT2D eigenvalue weighted by molar-refractivity contribution is 5.38. The van der Waals surface area contributed by atoms with Crippen LogP contribution in [0.4, 0.5) is 0 Å². The van der Waals surface area contributed by atoms with Crippen LogP contribution in [0.5, 0.6) is 5.75 Å². The standard InChI is InChI=1S/C12H14N2O2/c1-16-12-4-2-3-11(7-12)14-9-10(5-6-15)8-13-14/h2-4,7-9,15H,5-6H2,1H3. The summed E-state index contributed by atoms with van der Waals surface area (Å²) >= 11 is 0. The second-order valence-corrected chi connectivity index (χ2v) is 3.47. The quantitative estimate of drug-likeness (QED) is 0.844. The van der Waals surface area contributed by atoms with Crippen molar-refractivity contribution < 1.29 is 9.84 Å². The molecule has 0 aliphatic heterocycles. The molecule has 0 bridgehead atoms. The number of hydrogen-bond donors (Lipinski definition) is 1. The van der Waals surface area contributed by atoms with Gasteiger partial charge in [0.2, 0.25) is 0 Å². The highest BCUT2D eigenvalue weighted by atomic mass is 16.5. The summed E-state index contributed by atoms with van der Waals surface area (Å²) in [6, 6.07) is 7.68. The highest BCUT2D eigenvalue weighted by Gasteiger charge is 2.01. The molecule has 0 unspecified atom stereocenters. The maximum absolute atomic E-state index is 8.82. The maximum atomic E-state index is 8.82. The zero-order valence-corrected chi connectivity index (χ0v) is 9.13. The van der Waals surface area contributed by atoms with Gasteiger partial charge in [-0.3, -0.25) is 0 Å². The van der Waals surface area contributed by atoms with Crippen molar-refractivity contribution in [2.24, 2.45) is 0 Å². The average Bonchev–Trinajstić information content (AvgIpc) is 2.78. The van der Waals surface area contributed by atoms with E-state index in [1.807, 2.05) is 30.5 Å². The van der Waals surface area contributed by atoms with Crippen LogP contribution in [-0.2, 0) is 6.42 Å². The molecule has 1 N–H and O–H groups in total. The Morgan fingerprint density at radius 2 is 2.31 bits per heavy atom. The molecule has 2 rings (SSSR count). The van der Waals surface area contributed by atoms with Gasteiger partial charge < -0.3 is 9.84 Å². The Balaban J connectivity index is 2.27. The predicted octanol–water partition coefficient (Wildman–Crippen LogP) is 1.42. The Morgan fingerprint density at radius 3 is 3.06 bits per heavy atom. The first kappa shape index (κ1) is 10.7. The molecule has 1 heterocycles. The van der Waals surface area contributed by atoms with E-state index >= 15 is 0 Å². The minimum atomic E-state index is 0.143. The average molecular weight is 218 g/mol. The van der Waals surface area contributed by atoms with Gasteiger partial charge >= 0.3 is 0 Å². The molecule has 1 aromatic carbocycles. The Morgan fingerprint density at radius 1 is 1.44 bits per heavy atom. The van der Waals surface area contributed by atoms with Gasteiger partial charge in [-0.25, -0.2) is 4.68 Å². The van der Waals surface area contributed by atoms with Gasteiger partial charge in [-0.2, -0.15) is 5.10 Å². The number of aliphatic hydroxyl groups excluding tert-OH is 1. The van der Waals surface area contributed by atoms with E-state index in [0.717, 1.165) is 17.0 Å². The fourth-order valence-corrected chi connectivity index (χ4v) is 1.51. The van der Waals surface area contributed by atoms with Gasteiger partial charge in [0, 0.05) is 18.9 Å². The third kappa shape index (κ3) is 2.23. The number of methoxy groups -OCH3 is 1. The van der Waals surface area contributed by atoms with E-state index in [0.29, 0.717) is 6.42 Å². The summed E-state index contributed by atoms with van der Waals surface area (Å²) in [7, 11) is 1.64. The lowest BCUT2D eigenvalue weighted by Gasteiger charge is -2.03. The summed E-state index contributed by atoms with van der Waals surface area (Å²) in [5.74, 6) is 0.803. The molecule has 0 radical (unpaired) electrons. The molecule has 1 aromatic heterocycles. The van der Waals surface area contributed by atoms with Gasteiger partial charge in [-0.15, -0.1) is 0 Å². The number of ether oxygens (including phenoxy) is 1. The van der Waals surface area contributed by atoms with Gasteiger partial charge in [-0.05, 0) is 24.1 Å². The van der Waals surface area contributed by atoms with Crippen molar-refractivity contribution in [3.63, 3.8) is 0 Å². The number of aliphatic hydroxyl groups is 1. The van der Waals surface area contributed by atoms with Crippen molar-refractivity contribution in [2.45, 2.75) is 6.42 Å². The third-order valence-corrected chi connectivity index (χ3v) is 2.35. The maximum Gasteiger partial charge on any atom is 0.121 e. The molecule has 0 atom stereocenters. The summed E-state index contributed by atoms with van der Waals surface area (Å²) in [6.07, 6.45) is 4.30. The Hall–Kier alpha value is -1.81. The van der Waals surface area contributed by atoms with Crippen LogP contribution in [0.3, 0.4) is 0 Å². The van der Waals surface area contributed by atoms with E-state index in [4.69, 9.17) is 9.84 Å². The lowest BCUT2D eigenvalue weighted by molar-refractivity contribution is 0.299. The summed E-state index contributed by atoms with van der Waals surface area (Å²) in [4.78, 5) is 0. The van der Waals surface area contributed by atoms with Crippen LogP contribution in [0.2, 0.25) is 0 Å². The summed E-state index contributed by atoms with van der Waals surface area (Å²) in [5.41, 5.74) is 1.97. The molecule has 4 nitrogen and oxygen atoms in total. The van der Waals surface area contributed by atoms with Crippen molar-refractivity contribution in [3.05, 3.63) is 42.2 Å². The van der Waals surface area contributed by atoms with E-state index in [1.54, 1.807) is 18.0 Å². The molecule has 0 aliphatic carbocycles. The SMILES string of the molecule is COc1cccc(-n2cc(CCO)cn2)c1. The van der Waals surface area contributed by atoms with E-state index in [-0.39, 0.29) is 6.61 Å². The van der Waals surface area contributed by atoms with Gasteiger partial charge in [-0.1, -0.05) is 6.07 Å². The van der Waals surface area contributed by atoms with Crippen LogP contribution >= 0.6 is 0 Å². The normalized spacial score (nSPS) is 10.4. The van der Waals surface area contributed by atoms with Crippen molar-refractivity contribution in [2.75, 3.05) is 13.7 Å². The van der Waals surface area contributed by atoms with Crippen molar-refractivity contribution in [1.29, 1.82) is 0 Å². The van der Waals surface area contributed by atoms with Crippen LogP contribution in [0.25, 0.3) is 5.69 Å². The number of benzene rings is 1. The van der Waals surface area contributed by atoms with Crippen LogP contribution in [0.1, 0.15) is 5.56 Å². The number of nitrogens with zero attached hydrogens (tertiary/aromatic N) is 2. The molecule has 0 aliphatic rings. The smallest absolute Gasteiger partial charge is 0.121 e. The topological polar surface area (TPSA) is 47.3 Å². The van der Waals surface area contributed by atoms with E-state index in [2.05, 4.69) is 5.10 Å². The highest BCUT2D eigenvalue weighted by Crippen LogP contribution is 2.16. The molecular formula is C12H14N2O2. The molecule has 0 saturated heterocycles. The number of aromatic nitrogens is 2. The molecule has 84 valence electrons. The number of hydrogen-bond acceptors (Lipinski definition) is 3. The molecule has 4 heteroatoms. The minimum absolute atomic E-state index is 0.143. The van der Waals surface area contributed by atoms with Gasteiger partial charge in [0.05, 0.1) is 19.0 Å². The Bertz CT molecular complexity index is 466. The van der Waals surface area contributed by atoms with E-state index < -0.39 is 0 Å². The van der Waals surface area contributed by atoms with Crippen molar-refractivity contribution in [1.82, 2.24) is 9.78 Å². The third-order valence-electron chi connectivity index (χ3n) is 2.35. The Kier molecular flexibility index (Phi) is 3.22. The van der Waals surface area contributed by atoms with E-state index in [1.165, 1.54) is 0 Å². The molecule has 0 amide bonds. The lowest BCUT2D eigenvalue weighted by Crippen LogP contribution is -1.95. The van der Waals surface area contributed by atoms with Crippen molar-refractivity contribution in [3.8, 4) is 11.4 Å². The summed E-state index contributed by atoms with van der Waals surface area (Å²) < 4.78 is 6.92. The summed E-state index contributed by atoms with van der Waals surface area (Å²) in [6.45, 7) is 0.143. The van der Waals surface area contributed by atoms with Gasteiger partial charge in [0.1, 0.15) is 5.75 Å². The first-order chi connectivity index (χ1) is 7.83. The fourth-order valence-electron chi connectivity index (χ4n) is 1.51. The second kappa shape index (κ2) is 4.81. The van der Waals surface area contributed by atoms with Crippen LogP contribution < -0.4 is 4.74 Å². The Labute approximate surface area is 94.1 Å². The van der Waals surface area contributed by atoms with Crippen LogP contribution in [0.15, 0.2) is 36.7 Å². The molecule has 0 saturated carbocycles. The second-order valence-electron chi connectivity index (χ2n) is 3.47.